The van der Waals surface area contributed by atoms with Crippen LogP contribution in [0.4, 0.5) is 8.78 Å². The monoisotopic (exact) mass is 284 g/mol. The first kappa shape index (κ1) is 17.1. The maximum Gasteiger partial charge on any atom is 0.163 e. The van der Waals surface area contributed by atoms with Crippen molar-refractivity contribution < 1.29 is 8.78 Å². The maximum atomic E-state index is 13.9. The first-order chi connectivity index (χ1) is 9.60. The molecule has 0 heterocycles. The Labute approximate surface area is 121 Å². The molecule has 2 nitrogen and oxygen atoms in total. The van der Waals surface area contributed by atoms with Crippen molar-refractivity contribution in [2.24, 2.45) is 0 Å². The third-order valence-corrected chi connectivity index (χ3v) is 3.50. The number of rotatable bonds is 9. The van der Waals surface area contributed by atoms with Crippen molar-refractivity contribution >= 4 is 0 Å². The van der Waals surface area contributed by atoms with Crippen molar-refractivity contribution in [2.45, 2.75) is 39.2 Å². The molecule has 20 heavy (non-hydrogen) atoms. The van der Waals surface area contributed by atoms with Crippen LogP contribution < -0.4 is 5.32 Å². The van der Waals surface area contributed by atoms with Gasteiger partial charge in [-0.25, -0.2) is 8.78 Å². The lowest BCUT2D eigenvalue weighted by Crippen LogP contribution is -2.28. The van der Waals surface area contributed by atoms with E-state index in [-0.39, 0.29) is 6.04 Å². The van der Waals surface area contributed by atoms with Crippen molar-refractivity contribution in [1.29, 1.82) is 0 Å². The van der Waals surface area contributed by atoms with Gasteiger partial charge in [-0.3, -0.25) is 0 Å². The fraction of sp³-hybridized carbons (Fsp3) is 0.625. The summed E-state index contributed by atoms with van der Waals surface area (Å²) in [5.74, 6) is -1.50. The van der Waals surface area contributed by atoms with Crippen LogP contribution in [0.25, 0.3) is 0 Å². The molecule has 0 fully saturated rings. The second-order valence-electron chi connectivity index (χ2n) is 5.20. The van der Waals surface area contributed by atoms with Gasteiger partial charge in [0.1, 0.15) is 0 Å². The number of nitrogens with one attached hydrogen (secondary N) is 1. The van der Waals surface area contributed by atoms with Crippen LogP contribution >= 0.6 is 0 Å². The molecule has 1 rings (SSSR count). The van der Waals surface area contributed by atoms with Crippen LogP contribution in [0.3, 0.4) is 0 Å². The molecule has 0 aliphatic carbocycles. The van der Waals surface area contributed by atoms with Crippen LogP contribution in [-0.2, 0) is 0 Å². The van der Waals surface area contributed by atoms with Crippen molar-refractivity contribution in [3.8, 4) is 0 Å². The SMILES string of the molecule is CCCCN(C)CCC(NCC)c1cccc(F)c1F. The minimum atomic E-state index is -0.773. The van der Waals surface area contributed by atoms with E-state index in [9.17, 15) is 8.78 Å². The molecule has 1 unspecified atom stereocenters. The molecule has 0 aliphatic rings. The molecule has 1 aromatic rings. The van der Waals surface area contributed by atoms with Gasteiger partial charge in [-0.05, 0) is 45.6 Å². The van der Waals surface area contributed by atoms with E-state index < -0.39 is 11.6 Å². The fourth-order valence-electron chi connectivity index (χ4n) is 2.29. The highest BCUT2D eigenvalue weighted by atomic mass is 19.2. The number of benzene rings is 1. The summed E-state index contributed by atoms with van der Waals surface area (Å²) in [6.45, 7) is 6.79. The number of hydrogen-bond donors (Lipinski definition) is 1. The summed E-state index contributed by atoms with van der Waals surface area (Å²) in [4.78, 5) is 2.24. The molecule has 1 aromatic carbocycles. The first-order valence-corrected chi connectivity index (χ1v) is 7.46. The van der Waals surface area contributed by atoms with Gasteiger partial charge in [-0.2, -0.15) is 0 Å². The largest absolute Gasteiger partial charge is 0.310 e. The molecule has 0 spiro atoms. The molecule has 1 atom stereocenters. The Morgan fingerprint density at radius 3 is 2.60 bits per heavy atom. The van der Waals surface area contributed by atoms with Crippen molar-refractivity contribution in [1.82, 2.24) is 10.2 Å². The molecule has 0 saturated carbocycles. The second kappa shape index (κ2) is 9.03. The third kappa shape index (κ3) is 5.17. The zero-order valence-corrected chi connectivity index (χ0v) is 12.8. The summed E-state index contributed by atoms with van der Waals surface area (Å²) in [5.41, 5.74) is 0.427. The Morgan fingerprint density at radius 1 is 1.20 bits per heavy atom. The van der Waals surface area contributed by atoms with Crippen LogP contribution in [-0.4, -0.2) is 31.6 Å². The zero-order valence-electron chi connectivity index (χ0n) is 12.8. The molecule has 114 valence electrons. The van der Waals surface area contributed by atoms with Crippen LogP contribution in [0.15, 0.2) is 18.2 Å². The quantitative estimate of drug-likeness (QED) is 0.743. The average molecular weight is 284 g/mol. The predicted molar refractivity (Wildman–Crippen MR) is 79.8 cm³/mol. The Hall–Kier alpha value is -1.00. The number of unbranched alkanes of at least 4 members (excludes halogenated alkanes) is 1. The minimum absolute atomic E-state index is 0.139. The van der Waals surface area contributed by atoms with Gasteiger partial charge in [0.15, 0.2) is 11.6 Å². The van der Waals surface area contributed by atoms with Gasteiger partial charge in [0.2, 0.25) is 0 Å². The molecule has 4 heteroatoms. The van der Waals surface area contributed by atoms with Gasteiger partial charge >= 0.3 is 0 Å². The van der Waals surface area contributed by atoms with Crippen molar-refractivity contribution in [2.75, 3.05) is 26.7 Å². The molecular formula is C16H26F2N2. The minimum Gasteiger partial charge on any atom is -0.310 e. The molecule has 0 radical (unpaired) electrons. The van der Waals surface area contributed by atoms with Gasteiger partial charge in [0.05, 0.1) is 0 Å². The number of nitrogens with zero attached hydrogens (tertiary/aromatic N) is 1. The highest BCUT2D eigenvalue weighted by Crippen LogP contribution is 2.22. The molecule has 0 amide bonds. The lowest BCUT2D eigenvalue weighted by atomic mass is 10.0. The van der Waals surface area contributed by atoms with Gasteiger partial charge < -0.3 is 10.2 Å². The number of hydrogen-bond acceptors (Lipinski definition) is 2. The first-order valence-electron chi connectivity index (χ1n) is 7.46. The van der Waals surface area contributed by atoms with Gasteiger partial charge in [-0.1, -0.05) is 32.4 Å². The van der Waals surface area contributed by atoms with Crippen molar-refractivity contribution in [3.05, 3.63) is 35.4 Å². The molecule has 0 bridgehead atoms. The van der Waals surface area contributed by atoms with Crippen LogP contribution in [0.2, 0.25) is 0 Å². The van der Waals surface area contributed by atoms with Crippen LogP contribution in [0, 0.1) is 11.6 Å². The topological polar surface area (TPSA) is 15.3 Å². The standard InChI is InChI=1S/C16H26F2N2/c1-4-6-11-20(3)12-10-15(19-5-2)13-8-7-9-14(17)16(13)18/h7-9,15,19H,4-6,10-12H2,1-3H3. The van der Waals surface area contributed by atoms with E-state index in [4.69, 9.17) is 0 Å². The van der Waals surface area contributed by atoms with Gasteiger partial charge in [-0.15, -0.1) is 0 Å². The van der Waals surface area contributed by atoms with Crippen LogP contribution in [0.5, 0.6) is 0 Å². The van der Waals surface area contributed by atoms with E-state index in [0.717, 1.165) is 38.5 Å². The van der Waals surface area contributed by atoms with E-state index >= 15 is 0 Å². The highest BCUT2D eigenvalue weighted by Gasteiger charge is 2.17. The summed E-state index contributed by atoms with van der Waals surface area (Å²) < 4.78 is 27.2. The average Bonchev–Trinajstić information content (AvgIpc) is 2.44. The summed E-state index contributed by atoms with van der Waals surface area (Å²) >= 11 is 0. The molecule has 1 N–H and O–H groups in total. The summed E-state index contributed by atoms with van der Waals surface area (Å²) in [5, 5.41) is 3.25. The highest BCUT2D eigenvalue weighted by molar-refractivity contribution is 5.22. The molecule has 0 aromatic heterocycles. The Kier molecular flexibility index (Phi) is 7.70. The van der Waals surface area contributed by atoms with Crippen molar-refractivity contribution in [3.63, 3.8) is 0 Å². The van der Waals surface area contributed by atoms with Gasteiger partial charge in [0.25, 0.3) is 0 Å². The maximum absolute atomic E-state index is 13.9. The van der Waals surface area contributed by atoms with Crippen LogP contribution in [0.1, 0.15) is 44.7 Å². The molecule has 0 saturated heterocycles. The number of halogens is 2. The predicted octanol–water partition coefficient (Wildman–Crippen LogP) is 3.74. The molecule has 0 aliphatic heterocycles. The zero-order chi connectivity index (χ0) is 15.0. The Morgan fingerprint density at radius 2 is 1.95 bits per heavy atom. The Balaban J connectivity index is 2.66. The summed E-state index contributed by atoms with van der Waals surface area (Å²) in [6, 6.07) is 4.26. The fourth-order valence-corrected chi connectivity index (χ4v) is 2.29. The van der Waals surface area contributed by atoms with E-state index in [1.807, 2.05) is 6.92 Å². The third-order valence-electron chi connectivity index (χ3n) is 3.50. The van der Waals surface area contributed by atoms with E-state index in [0.29, 0.717) is 5.56 Å². The van der Waals surface area contributed by atoms with E-state index in [1.54, 1.807) is 12.1 Å². The summed E-state index contributed by atoms with van der Waals surface area (Å²) in [6.07, 6.45) is 3.10. The lowest BCUT2D eigenvalue weighted by molar-refractivity contribution is 0.301. The van der Waals surface area contributed by atoms with E-state index in [2.05, 4.69) is 24.2 Å². The van der Waals surface area contributed by atoms with Gasteiger partial charge in [0, 0.05) is 11.6 Å². The smallest absolute Gasteiger partial charge is 0.163 e. The lowest BCUT2D eigenvalue weighted by Gasteiger charge is -2.23. The normalized spacial score (nSPS) is 12.9. The Bertz CT molecular complexity index is 396. The van der Waals surface area contributed by atoms with E-state index in [1.165, 1.54) is 6.42 Å². The summed E-state index contributed by atoms with van der Waals surface area (Å²) in [7, 11) is 2.07. The second-order valence-corrected chi connectivity index (χ2v) is 5.20. The molecular weight excluding hydrogens is 258 g/mol.